The predicted molar refractivity (Wildman–Crippen MR) is 89.4 cm³/mol. The van der Waals surface area contributed by atoms with E-state index in [0.29, 0.717) is 38.5 Å². The van der Waals surface area contributed by atoms with Gasteiger partial charge in [-0.2, -0.15) is 24.9 Å². The highest BCUT2D eigenvalue weighted by Crippen LogP contribution is 2.30. The maximum absolute atomic E-state index is 12.8. The monoisotopic (exact) mass is 362 g/mol. The quantitative estimate of drug-likeness (QED) is 0.819. The molecule has 134 valence electrons. The lowest BCUT2D eigenvalue weighted by Crippen LogP contribution is -2.52. The smallest absolute Gasteiger partial charge is 0.353 e. The number of carbonyl (C=O) groups excluding carboxylic acids is 1. The van der Waals surface area contributed by atoms with E-state index in [4.69, 9.17) is 0 Å². The Kier molecular flexibility index (Phi) is 6.59. The molecule has 0 radical (unpaired) electrons. The highest BCUT2D eigenvalue weighted by molar-refractivity contribution is 7.98. The standard InChI is InChI=1S/C15H21F3N4OS/c1-24-10-2-4-20-14(23)22-8-6-21(7-9-22)13-11-12(3-5-19-13)15(16,17)18/h3,5,11H,2,4,6-10H2,1H3,(H,20,23). The number of hydrogen-bond donors (Lipinski definition) is 1. The fraction of sp³-hybridized carbons (Fsp3) is 0.600. The number of nitrogens with zero attached hydrogens (tertiary/aromatic N) is 3. The zero-order valence-corrected chi connectivity index (χ0v) is 14.3. The Bertz CT molecular complexity index is 548. The fourth-order valence-electron chi connectivity index (χ4n) is 2.43. The van der Waals surface area contributed by atoms with Gasteiger partial charge < -0.3 is 15.1 Å². The molecule has 1 N–H and O–H groups in total. The first kappa shape index (κ1) is 18.7. The van der Waals surface area contributed by atoms with E-state index in [0.717, 1.165) is 24.3 Å². The predicted octanol–water partition coefficient (Wildman–Crippen LogP) is 2.69. The van der Waals surface area contributed by atoms with Gasteiger partial charge in [-0.3, -0.25) is 0 Å². The first-order valence-corrected chi connectivity index (χ1v) is 9.11. The molecule has 1 saturated heterocycles. The molecule has 24 heavy (non-hydrogen) atoms. The van der Waals surface area contributed by atoms with Crippen LogP contribution in [0.15, 0.2) is 18.3 Å². The number of hydrogen-bond acceptors (Lipinski definition) is 4. The van der Waals surface area contributed by atoms with Crippen LogP contribution in [0.2, 0.25) is 0 Å². The summed E-state index contributed by atoms with van der Waals surface area (Å²) in [7, 11) is 0. The summed E-state index contributed by atoms with van der Waals surface area (Å²) >= 11 is 1.73. The van der Waals surface area contributed by atoms with Crippen molar-refractivity contribution in [2.24, 2.45) is 0 Å². The molecule has 2 amide bonds. The molecule has 1 fully saturated rings. The first-order valence-electron chi connectivity index (χ1n) is 7.71. The maximum atomic E-state index is 12.8. The second kappa shape index (κ2) is 8.46. The number of pyridine rings is 1. The van der Waals surface area contributed by atoms with Gasteiger partial charge in [0.05, 0.1) is 5.56 Å². The number of thioether (sulfide) groups is 1. The van der Waals surface area contributed by atoms with Gasteiger partial charge in [-0.25, -0.2) is 9.78 Å². The number of alkyl halides is 3. The van der Waals surface area contributed by atoms with Crippen molar-refractivity contribution in [3.05, 3.63) is 23.9 Å². The molecule has 0 spiro atoms. The van der Waals surface area contributed by atoms with E-state index in [2.05, 4.69) is 10.3 Å². The molecule has 0 aliphatic carbocycles. The second-order valence-electron chi connectivity index (χ2n) is 5.45. The number of nitrogens with one attached hydrogen (secondary N) is 1. The van der Waals surface area contributed by atoms with Crippen LogP contribution in [0.25, 0.3) is 0 Å². The van der Waals surface area contributed by atoms with Gasteiger partial charge in [0.1, 0.15) is 5.82 Å². The van der Waals surface area contributed by atoms with E-state index in [-0.39, 0.29) is 6.03 Å². The Morgan fingerprint density at radius 3 is 2.67 bits per heavy atom. The van der Waals surface area contributed by atoms with Crippen molar-refractivity contribution in [3.63, 3.8) is 0 Å². The summed E-state index contributed by atoms with van der Waals surface area (Å²) in [6.45, 7) is 2.49. The van der Waals surface area contributed by atoms with Gasteiger partial charge in [0.15, 0.2) is 0 Å². The molecule has 1 aliphatic heterocycles. The van der Waals surface area contributed by atoms with Gasteiger partial charge >= 0.3 is 12.2 Å². The number of anilines is 1. The number of urea groups is 1. The van der Waals surface area contributed by atoms with Crippen LogP contribution < -0.4 is 10.2 Å². The molecule has 5 nitrogen and oxygen atoms in total. The lowest BCUT2D eigenvalue weighted by molar-refractivity contribution is -0.137. The van der Waals surface area contributed by atoms with Crippen molar-refractivity contribution < 1.29 is 18.0 Å². The summed E-state index contributed by atoms with van der Waals surface area (Å²) in [6, 6.07) is 1.90. The van der Waals surface area contributed by atoms with E-state index >= 15 is 0 Å². The Labute approximate surface area is 143 Å². The highest BCUT2D eigenvalue weighted by Gasteiger charge is 2.31. The normalized spacial score (nSPS) is 15.5. The topological polar surface area (TPSA) is 48.5 Å². The van der Waals surface area contributed by atoms with Crippen molar-refractivity contribution in [1.82, 2.24) is 15.2 Å². The molecule has 2 rings (SSSR count). The van der Waals surface area contributed by atoms with Crippen LogP contribution in [0.5, 0.6) is 0 Å². The third-order valence-corrected chi connectivity index (χ3v) is 4.46. The maximum Gasteiger partial charge on any atom is 0.416 e. The van der Waals surface area contributed by atoms with Crippen molar-refractivity contribution in [2.75, 3.05) is 49.6 Å². The van der Waals surface area contributed by atoms with Gasteiger partial charge in [0.2, 0.25) is 0 Å². The molecule has 0 saturated carbocycles. The van der Waals surface area contributed by atoms with Crippen molar-refractivity contribution in [2.45, 2.75) is 12.6 Å². The number of halogens is 3. The average molecular weight is 362 g/mol. The van der Waals surface area contributed by atoms with Crippen LogP contribution >= 0.6 is 11.8 Å². The van der Waals surface area contributed by atoms with E-state index in [9.17, 15) is 18.0 Å². The first-order chi connectivity index (χ1) is 11.4. The molecule has 0 atom stereocenters. The van der Waals surface area contributed by atoms with E-state index < -0.39 is 11.7 Å². The summed E-state index contributed by atoms with van der Waals surface area (Å²) in [5.41, 5.74) is -0.707. The fourth-order valence-corrected chi connectivity index (χ4v) is 2.86. The zero-order chi connectivity index (χ0) is 17.6. The Balaban J connectivity index is 1.85. The minimum Gasteiger partial charge on any atom is -0.353 e. The third kappa shape index (κ3) is 5.19. The van der Waals surface area contributed by atoms with Gasteiger partial charge in [-0.05, 0) is 30.6 Å². The minimum absolute atomic E-state index is 0.118. The molecule has 1 aromatic heterocycles. The minimum atomic E-state index is -4.38. The lowest BCUT2D eigenvalue weighted by atomic mass is 10.2. The molecular weight excluding hydrogens is 341 g/mol. The van der Waals surface area contributed by atoms with Gasteiger partial charge in [-0.15, -0.1) is 0 Å². The Morgan fingerprint density at radius 2 is 2.04 bits per heavy atom. The largest absolute Gasteiger partial charge is 0.416 e. The molecule has 2 heterocycles. The molecule has 0 unspecified atom stereocenters. The van der Waals surface area contributed by atoms with Crippen molar-refractivity contribution in [3.8, 4) is 0 Å². The molecule has 0 aromatic carbocycles. The van der Waals surface area contributed by atoms with Gasteiger partial charge in [0.25, 0.3) is 0 Å². The van der Waals surface area contributed by atoms with Gasteiger partial charge in [0, 0.05) is 38.9 Å². The number of aromatic nitrogens is 1. The third-order valence-electron chi connectivity index (χ3n) is 3.77. The molecule has 1 aliphatic rings. The van der Waals surface area contributed by atoms with Crippen LogP contribution in [0.1, 0.15) is 12.0 Å². The second-order valence-corrected chi connectivity index (χ2v) is 6.44. The number of piperazine rings is 1. The Hall–Kier alpha value is -1.64. The van der Waals surface area contributed by atoms with Crippen LogP contribution in [0, 0.1) is 0 Å². The lowest BCUT2D eigenvalue weighted by Gasteiger charge is -2.35. The summed E-state index contributed by atoms with van der Waals surface area (Å²) in [5, 5.41) is 2.86. The van der Waals surface area contributed by atoms with Crippen LogP contribution in [-0.4, -0.2) is 60.6 Å². The van der Waals surface area contributed by atoms with E-state index in [1.165, 1.54) is 6.20 Å². The number of carbonyl (C=O) groups is 1. The van der Waals surface area contributed by atoms with Crippen molar-refractivity contribution >= 4 is 23.6 Å². The SMILES string of the molecule is CSCCCNC(=O)N1CCN(c2cc(C(F)(F)F)ccn2)CC1. The average Bonchev–Trinajstić information content (AvgIpc) is 2.58. The summed E-state index contributed by atoms with van der Waals surface area (Å²) < 4.78 is 38.3. The Morgan fingerprint density at radius 1 is 1.33 bits per heavy atom. The summed E-state index contributed by atoms with van der Waals surface area (Å²) in [5.74, 6) is 1.29. The number of rotatable bonds is 5. The molecule has 0 bridgehead atoms. The van der Waals surface area contributed by atoms with E-state index in [1.54, 1.807) is 21.6 Å². The molecule has 9 heteroatoms. The molecule has 1 aromatic rings. The highest BCUT2D eigenvalue weighted by atomic mass is 32.2. The summed E-state index contributed by atoms with van der Waals surface area (Å²) in [4.78, 5) is 19.5. The number of amides is 2. The molecular formula is C15H21F3N4OS. The van der Waals surface area contributed by atoms with Crippen molar-refractivity contribution in [1.29, 1.82) is 0 Å². The van der Waals surface area contributed by atoms with E-state index in [1.807, 2.05) is 6.26 Å². The zero-order valence-electron chi connectivity index (χ0n) is 13.5. The van der Waals surface area contributed by atoms with Crippen LogP contribution in [-0.2, 0) is 6.18 Å². The van der Waals surface area contributed by atoms with Crippen LogP contribution in [0.4, 0.5) is 23.8 Å². The summed E-state index contributed by atoms with van der Waals surface area (Å²) in [6.07, 6.45) is -0.275. The van der Waals surface area contributed by atoms with Crippen LogP contribution in [0.3, 0.4) is 0 Å². The van der Waals surface area contributed by atoms with Gasteiger partial charge in [-0.1, -0.05) is 0 Å².